The van der Waals surface area contributed by atoms with Crippen LogP contribution >= 0.6 is 34.2 Å². The second kappa shape index (κ2) is 3.70. The number of hydrogen-bond acceptors (Lipinski definition) is 1. The van der Waals surface area contributed by atoms with E-state index in [-0.39, 0.29) is 16.4 Å². The Morgan fingerprint density at radius 1 is 1.58 bits per heavy atom. The molecule has 4 heteroatoms. The van der Waals surface area contributed by atoms with Gasteiger partial charge in [-0.05, 0) is 41.6 Å². The topological polar surface area (TPSA) is 17.1 Å². The number of hydrogen-bond donors (Lipinski definition) is 0. The molecule has 0 atom stereocenters. The van der Waals surface area contributed by atoms with Gasteiger partial charge >= 0.3 is 0 Å². The molecule has 0 bridgehead atoms. The van der Waals surface area contributed by atoms with E-state index in [1.54, 1.807) is 6.07 Å². The molecule has 0 fully saturated rings. The van der Waals surface area contributed by atoms with Crippen molar-refractivity contribution in [1.29, 1.82) is 0 Å². The van der Waals surface area contributed by atoms with Gasteiger partial charge in [-0.15, -0.1) is 0 Å². The lowest BCUT2D eigenvalue weighted by molar-refractivity contribution is 0.101. The normalized spacial score (nSPS) is 10.0. The van der Waals surface area contributed by atoms with E-state index in [1.165, 1.54) is 13.0 Å². The summed E-state index contributed by atoms with van der Waals surface area (Å²) in [5.41, 5.74) is 0.0723. The summed E-state index contributed by atoms with van der Waals surface area (Å²) in [5.74, 6) is -0.935. The highest BCUT2D eigenvalue weighted by molar-refractivity contribution is 14.1. The van der Waals surface area contributed by atoms with Crippen molar-refractivity contribution in [3.05, 3.63) is 32.1 Å². The monoisotopic (exact) mass is 298 g/mol. The average Bonchev–Trinajstić information content (AvgIpc) is 1.97. The molecule has 1 nitrogen and oxygen atoms in total. The van der Waals surface area contributed by atoms with Crippen molar-refractivity contribution in [2.24, 2.45) is 0 Å². The SMILES string of the molecule is CC(=O)c1c(I)ccc(Cl)c1F. The van der Waals surface area contributed by atoms with Crippen LogP contribution in [-0.4, -0.2) is 5.78 Å². The molecule has 0 amide bonds. The zero-order valence-corrected chi connectivity index (χ0v) is 9.11. The predicted octanol–water partition coefficient (Wildman–Crippen LogP) is 3.29. The highest BCUT2D eigenvalue weighted by Crippen LogP contribution is 2.23. The van der Waals surface area contributed by atoms with E-state index in [4.69, 9.17) is 11.6 Å². The summed E-state index contributed by atoms with van der Waals surface area (Å²) < 4.78 is 13.7. The minimum atomic E-state index is -0.629. The van der Waals surface area contributed by atoms with Crippen LogP contribution in [0.5, 0.6) is 0 Å². The lowest BCUT2D eigenvalue weighted by atomic mass is 10.1. The van der Waals surface area contributed by atoms with Crippen molar-refractivity contribution in [3.63, 3.8) is 0 Å². The van der Waals surface area contributed by atoms with E-state index in [0.717, 1.165) is 0 Å². The number of Topliss-reactive ketones (excluding diaryl/α,β-unsaturated/α-hetero) is 1. The van der Waals surface area contributed by atoms with Gasteiger partial charge in [0.05, 0.1) is 10.6 Å². The number of carbonyl (C=O) groups excluding carboxylic acids is 1. The maximum atomic E-state index is 13.2. The van der Waals surface area contributed by atoms with Gasteiger partial charge in [0.2, 0.25) is 0 Å². The Morgan fingerprint density at radius 3 is 2.58 bits per heavy atom. The van der Waals surface area contributed by atoms with Gasteiger partial charge in [-0.3, -0.25) is 4.79 Å². The first-order chi connectivity index (χ1) is 5.54. The zero-order chi connectivity index (χ0) is 9.30. The Hall–Kier alpha value is -0.160. The van der Waals surface area contributed by atoms with Gasteiger partial charge in [0.15, 0.2) is 11.6 Å². The van der Waals surface area contributed by atoms with Crippen LogP contribution in [0.1, 0.15) is 17.3 Å². The molecule has 0 saturated heterocycles. The predicted molar refractivity (Wildman–Crippen MR) is 54.1 cm³/mol. The molecule has 0 saturated carbocycles. The van der Waals surface area contributed by atoms with Gasteiger partial charge in [-0.25, -0.2) is 4.39 Å². The summed E-state index contributed by atoms with van der Waals surface area (Å²) in [7, 11) is 0. The summed E-state index contributed by atoms with van der Waals surface area (Å²) in [6, 6.07) is 3.05. The number of rotatable bonds is 1. The lowest BCUT2D eigenvalue weighted by Gasteiger charge is -2.02. The molecule has 0 heterocycles. The lowest BCUT2D eigenvalue weighted by Crippen LogP contribution is -2.00. The van der Waals surface area contributed by atoms with E-state index in [1.807, 2.05) is 22.6 Å². The second-order valence-electron chi connectivity index (χ2n) is 2.27. The molecular weight excluding hydrogens is 293 g/mol. The number of ketones is 1. The smallest absolute Gasteiger partial charge is 0.163 e. The fraction of sp³-hybridized carbons (Fsp3) is 0.125. The molecule has 0 aliphatic heterocycles. The molecule has 0 aliphatic carbocycles. The zero-order valence-electron chi connectivity index (χ0n) is 6.20. The Kier molecular flexibility index (Phi) is 3.06. The maximum absolute atomic E-state index is 13.2. The number of carbonyl (C=O) groups is 1. The van der Waals surface area contributed by atoms with Crippen molar-refractivity contribution in [1.82, 2.24) is 0 Å². The van der Waals surface area contributed by atoms with Gasteiger partial charge in [0, 0.05) is 3.57 Å². The molecule has 1 aromatic carbocycles. The van der Waals surface area contributed by atoms with E-state index in [2.05, 4.69) is 0 Å². The molecule has 0 N–H and O–H groups in total. The molecule has 0 radical (unpaired) electrons. The van der Waals surface area contributed by atoms with Gasteiger partial charge in [0.25, 0.3) is 0 Å². The fourth-order valence-corrected chi connectivity index (χ4v) is 1.80. The van der Waals surface area contributed by atoms with Crippen LogP contribution in [-0.2, 0) is 0 Å². The van der Waals surface area contributed by atoms with E-state index in [0.29, 0.717) is 3.57 Å². The van der Waals surface area contributed by atoms with Crippen LogP contribution in [0.4, 0.5) is 4.39 Å². The van der Waals surface area contributed by atoms with Crippen molar-refractivity contribution >= 4 is 40.0 Å². The maximum Gasteiger partial charge on any atom is 0.163 e. The second-order valence-corrected chi connectivity index (χ2v) is 3.84. The van der Waals surface area contributed by atoms with Crippen LogP contribution in [0.15, 0.2) is 12.1 Å². The largest absolute Gasteiger partial charge is 0.294 e. The van der Waals surface area contributed by atoms with Crippen molar-refractivity contribution in [3.8, 4) is 0 Å². The average molecular weight is 298 g/mol. The van der Waals surface area contributed by atoms with Gasteiger partial charge in [-0.1, -0.05) is 11.6 Å². The van der Waals surface area contributed by atoms with E-state index < -0.39 is 5.82 Å². The highest BCUT2D eigenvalue weighted by atomic mass is 127. The first-order valence-electron chi connectivity index (χ1n) is 3.18. The number of benzene rings is 1. The molecule has 0 aromatic heterocycles. The molecular formula is C8H5ClFIO. The molecule has 64 valence electrons. The van der Waals surface area contributed by atoms with Crippen LogP contribution in [0, 0.1) is 9.39 Å². The minimum absolute atomic E-state index is 0.0133. The Morgan fingerprint density at radius 2 is 2.17 bits per heavy atom. The third-order valence-corrected chi connectivity index (χ3v) is 2.59. The molecule has 0 aliphatic rings. The summed E-state index contributed by atoms with van der Waals surface area (Å²) in [6.45, 7) is 1.32. The molecule has 12 heavy (non-hydrogen) atoms. The quantitative estimate of drug-likeness (QED) is 0.442. The third kappa shape index (κ3) is 1.77. The Labute approximate surface area is 88.1 Å². The molecule has 1 rings (SSSR count). The molecule has 0 unspecified atom stereocenters. The van der Waals surface area contributed by atoms with E-state index >= 15 is 0 Å². The summed E-state index contributed by atoms with van der Waals surface area (Å²) >= 11 is 7.40. The minimum Gasteiger partial charge on any atom is -0.294 e. The first-order valence-corrected chi connectivity index (χ1v) is 4.64. The van der Waals surface area contributed by atoms with Gasteiger partial charge in [-0.2, -0.15) is 0 Å². The fourth-order valence-electron chi connectivity index (χ4n) is 0.850. The third-order valence-electron chi connectivity index (χ3n) is 1.40. The summed E-state index contributed by atoms with van der Waals surface area (Å²) in [6.07, 6.45) is 0. The number of halogens is 3. The van der Waals surface area contributed by atoms with Crippen LogP contribution in [0.3, 0.4) is 0 Å². The first kappa shape index (κ1) is 9.92. The Balaban J connectivity index is 3.43. The van der Waals surface area contributed by atoms with E-state index in [9.17, 15) is 9.18 Å². The van der Waals surface area contributed by atoms with Crippen molar-refractivity contribution < 1.29 is 9.18 Å². The van der Waals surface area contributed by atoms with Gasteiger partial charge < -0.3 is 0 Å². The van der Waals surface area contributed by atoms with Crippen molar-refractivity contribution in [2.75, 3.05) is 0 Å². The molecule has 1 aromatic rings. The summed E-state index contributed by atoms with van der Waals surface area (Å²) in [5, 5.41) is -0.0133. The van der Waals surface area contributed by atoms with Crippen LogP contribution < -0.4 is 0 Å². The molecule has 0 spiro atoms. The van der Waals surface area contributed by atoms with Gasteiger partial charge in [0.1, 0.15) is 0 Å². The van der Waals surface area contributed by atoms with Crippen LogP contribution in [0.2, 0.25) is 5.02 Å². The van der Waals surface area contributed by atoms with Crippen LogP contribution in [0.25, 0.3) is 0 Å². The standard InChI is InChI=1S/C8H5ClFIO/c1-4(12)7-6(11)3-2-5(9)8(7)10/h2-3H,1H3. The van der Waals surface area contributed by atoms with Crippen molar-refractivity contribution in [2.45, 2.75) is 6.92 Å². The summed E-state index contributed by atoms with van der Waals surface area (Å²) in [4.78, 5) is 10.9. The Bertz CT molecular complexity index is 338. The highest BCUT2D eigenvalue weighted by Gasteiger charge is 2.14.